The molecule has 0 aliphatic carbocycles. The Hall–Kier alpha value is -2.19. The monoisotopic (exact) mass is 422 g/mol. The number of hydrogen-bond donors (Lipinski definition) is 1. The second-order valence-corrected chi connectivity index (χ2v) is 8.00. The van der Waals surface area contributed by atoms with Gasteiger partial charge in [0.1, 0.15) is 5.69 Å². The van der Waals surface area contributed by atoms with E-state index in [0.29, 0.717) is 42.5 Å². The lowest BCUT2D eigenvalue weighted by molar-refractivity contribution is -0.137. The fourth-order valence-electron chi connectivity index (χ4n) is 3.07. The molecule has 0 bridgehead atoms. The van der Waals surface area contributed by atoms with Gasteiger partial charge in [-0.2, -0.15) is 4.37 Å². The van der Waals surface area contributed by atoms with Crippen molar-refractivity contribution in [1.29, 1.82) is 0 Å². The summed E-state index contributed by atoms with van der Waals surface area (Å²) in [6.07, 6.45) is 1.33. The summed E-state index contributed by atoms with van der Waals surface area (Å²) in [6, 6.07) is 7.33. The highest BCUT2D eigenvalue weighted by molar-refractivity contribution is 6.99. The lowest BCUT2D eigenvalue weighted by atomic mass is 9.95. The van der Waals surface area contributed by atoms with E-state index in [4.69, 9.17) is 16.3 Å². The number of piperidine rings is 1. The van der Waals surface area contributed by atoms with Crippen LogP contribution in [0.1, 0.15) is 26.7 Å². The van der Waals surface area contributed by atoms with Crippen LogP contribution >= 0.6 is 23.3 Å². The van der Waals surface area contributed by atoms with Gasteiger partial charge in [0.25, 0.3) is 11.8 Å². The molecule has 0 saturated carbocycles. The summed E-state index contributed by atoms with van der Waals surface area (Å²) < 4.78 is 14.0. The third-order valence-electron chi connectivity index (χ3n) is 4.56. The molecular weight excluding hydrogens is 400 g/mol. The van der Waals surface area contributed by atoms with E-state index in [1.807, 2.05) is 26.0 Å². The normalized spacial score (nSPS) is 14.9. The number of amides is 2. The minimum atomic E-state index is -0.113. The molecule has 3 rings (SSSR count). The number of carbonyl (C=O) groups excluding carboxylic acids is 2. The molecule has 0 spiro atoms. The lowest BCUT2D eigenvalue weighted by Gasteiger charge is -2.31. The Kier molecular flexibility index (Phi) is 6.85. The van der Waals surface area contributed by atoms with Crippen LogP contribution in [0.2, 0.25) is 5.02 Å². The minimum Gasteiger partial charge on any atom is -0.465 e. The van der Waals surface area contributed by atoms with E-state index in [2.05, 4.69) is 14.1 Å². The van der Waals surface area contributed by atoms with Crippen molar-refractivity contribution in [2.45, 2.75) is 32.7 Å². The van der Waals surface area contributed by atoms with Gasteiger partial charge in [-0.05, 0) is 38.8 Å². The minimum absolute atomic E-state index is 0.0355. The molecule has 0 unspecified atom stereocenters. The predicted molar refractivity (Wildman–Crippen MR) is 108 cm³/mol. The Bertz CT molecular complexity index is 817. The third kappa shape index (κ3) is 5.20. The van der Waals surface area contributed by atoms with Gasteiger partial charge in [0, 0.05) is 35.6 Å². The topological polar surface area (TPSA) is 84.4 Å². The number of aromatic nitrogens is 2. The number of nitrogens with zero attached hydrogens (tertiary/aromatic N) is 3. The first-order valence-corrected chi connectivity index (χ1v) is 10.3. The highest BCUT2D eigenvalue weighted by Gasteiger charge is 2.28. The third-order valence-corrected chi connectivity index (χ3v) is 5.32. The first-order valence-electron chi connectivity index (χ1n) is 9.23. The molecule has 1 aromatic heterocycles. The Labute approximate surface area is 173 Å². The van der Waals surface area contributed by atoms with Crippen molar-refractivity contribution < 1.29 is 14.3 Å². The van der Waals surface area contributed by atoms with Gasteiger partial charge in [-0.25, -0.2) is 0 Å². The van der Waals surface area contributed by atoms with Crippen molar-refractivity contribution in [3.63, 3.8) is 0 Å². The molecule has 150 valence electrons. The van der Waals surface area contributed by atoms with Gasteiger partial charge in [0.2, 0.25) is 5.91 Å². The molecule has 1 aromatic carbocycles. The molecule has 1 aliphatic rings. The van der Waals surface area contributed by atoms with Crippen LogP contribution in [-0.2, 0) is 9.59 Å². The zero-order valence-electron chi connectivity index (χ0n) is 15.9. The largest absolute Gasteiger partial charge is 0.465 e. The van der Waals surface area contributed by atoms with E-state index in [9.17, 15) is 9.59 Å². The van der Waals surface area contributed by atoms with Crippen LogP contribution in [0.15, 0.2) is 24.3 Å². The quantitative estimate of drug-likeness (QED) is 0.773. The second-order valence-electron chi connectivity index (χ2n) is 7.03. The highest BCUT2D eigenvalue weighted by Crippen LogP contribution is 2.28. The Morgan fingerprint density at radius 1 is 1.25 bits per heavy atom. The van der Waals surface area contributed by atoms with Gasteiger partial charge in [-0.1, -0.05) is 23.7 Å². The number of halogens is 1. The highest BCUT2D eigenvalue weighted by atomic mass is 35.5. The van der Waals surface area contributed by atoms with Crippen LogP contribution in [-0.4, -0.2) is 51.2 Å². The van der Waals surface area contributed by atoms with Crippen molar-refractivity contribution in [1.82, 2.24) is 19.0 Å². The van der Waals surface area contributed by atoms with Gasteiger partial charge >= 0.3 is 0 Å². The summed E-state index contributed by atoms with van der Waals surface area (Å²) in [4.78, 5) is 26.3. The van der Waals surface area contributed by atoms with Crippen molar-refractivity contribution in [3.8, 4) is 17.1 Å². The molecule has 9 heteroatoms. The van der Waals surface area contributed by atoms with Crippen LogP contribution in [0.3, 0.4) is 0 Å². The lowest BCUT2D eigenvalue weighted by Crippen LogP contribution is -2.45. The summed E-state index contributed by atoms with van der Waals surface area (Å²) in [5.74, 6) is 0.260. The van der Waals surface area contributed by atoms with E-state index >= 15 is 0 Å². The SMILES string of the molecule is CC(C)NC(=O)C1CCN(C(=O)COc2nsnc2-c2ccc(Cl)cc2)CC1. The van der Waals surface area contributed by atoms with Crippen molar-refractivity contribution >= 4 is 35.1 Å². The van der Waals surface area contributed by atoms with E-state index < -0.39 is 0 Å². The van der Waals surface area contributed by atoms with Crippen molar-refractivity contribution in [2.75, 3.05) is 19.7 Å². The van der Waals surface area contributed by atoms with E-state index in [1.165, 1.54) is 0 Å². The number of likely N-dealkylation sites (tertiary alicyclic amines) is 1. The molecule has 0 radical (unpaired) electrons. The molecule has 2 heterocycles. The molecule has 1 aliphatic heterocycles. The molecule has 1 saturated heterocycles. The van der Waals surface area contributed by atoms with Crippen LogP contribution in [0.25, 0.3) is 11.3 Å². The average Bonchev–Trinajstić information content (AvgIpc) is 3.15. The maximum absolute atomic E-state index is 12.5. The van der Waals surface area contributed by atoms with Crippen molar-refractivity contribution in [2.24, 2.45) is 5.92 Å². The summed E-state index contributed by atoms with van der Waals surface area (Å²) in [5.41, 5.74) is 1.43. The summed E-state index contributed by atoms with van der Waals surface area (Å²) in [7, 11) is 0. The van der Waals surface area contributed by atoms with E-state index in [1.54, 1.807) is 17.0 Å². The number of rotatable bonds is 6. The summed E-state index contributed by atoms with van der Waals surface area (Å²) >= 11 is 6.95. The van der Waals surface area contributed by atoms with Gasteiger partial charge in [0.05, 0.1) is 11.7 Å². The summed E-state index contributed by atoms with van der Waals surface area (Å²) in [6.45, 7) is 4.89. The maximum Gasteiger partial charge on any atom is 0.260 e. The maximum atomic E-state index is 12.5. The average molecular weight is 423 g/mol. The molecule has 28 heavy (non-hydrogen) atoms. The van der Waals surface area contributed by atoms with Crippen LogP contribution in [0.4, 0.5) is 0 Å². The summed E-state index contributed by atoms with van der Waals surface area (Å²) in [5, 5.41) is 3.57. The second kappa shape index (κ2) is 9.34. The zero-order chi connectivity index (χ0) is 20.1. The first kappa shape index (κ1) is 20.5. The number of carbonyl (C=O) groups is 2. The van der Waals surface area contributed by atoms with Crippen molar-refractivity contribution in [3.05, 3.63) is 29.3 Å². The van der Waals surface area contributed by atoms with Gasteiger partial charge in [-0.3, -0.25) is 9.59 Å². The molecule has 7 nitrogen and oxygen atoms in total. The Balaban J connectivity index is 1.51. The molecule has 0 atom stereocenters. The first-order chi connectivity index (χ1) is 13.4. The van der Waals surface area contributed by atoms with Crippen LogP contribution < -0.4 is 10.1 Å². The molecule has 1 N–H and O–H groups in total. The van der Waals surface area contributed by atoms with E-state index in [0.717, 1.165) is 17.3 Å². The zero-order valence-corrected chi connectivity index (χ0v) is 17.4. The number of benzene rings is 1. The van der Waals surface area contributed by atoms with E-state index in [-0.39, 0.29) is 30.4 Å². The molecule has 1 fully saturated rings. The number of hydrogen-bond acceptors (Lipinski definition) is 6. The smallest absolute Gasteiger partial charge is 0.260 e. The fourth-order valence-corrected chi connectivity index (χ4v) is 3.72. The molecule has 2 aromatic rings. The number of nitrogens with one attached hydrogen (secondary N) is 1. The number of ether oxygens (including phenoxy) is 1. The molecular formula is C19H23ClN4O3S. The van der Waals surface area contributed by atoms with Gasteiger partial charge in [-0.15, -0.1) is 4.37 Å². The Morgan fingerprint density at radius 3 is 2.57 bits per heavy atom. The molecule has 2 amide bonds. The fraction of sp³-hybridized carbons (Fsp3) is 0.474. The van der Waals surface area contributed by atoms with Crippen LogP contribution in [0.5, 0.6) is 5.88 Å². The van der Waals surface area contributed by atoms with Gasteiger partial charge < -0.3 is 15.0 Å². The standard InChI is InChI=1S/C19H23ClN4O3S/c1-12(2)21-18(26)14-7-9-24(10-8-14)16(25)11-27-19-17(22-28-23-19)13-3-5-15(20)6-4-13/h3-6,12,14H,7-11H2,1-2H3,(H,21,26). The van der Waals surface area contributed by atoms with Crippen LogP contribution in [0, 0.1) is 5.92 Å². The Morgan fingerprint density at radius 2 is 1.93 bits per heavy atom. The predicted octanol–water partition coefficient (Wildman–Crippen LogP) is 3.00. The van der Waals surface area contributed by atoms with Gasteiger partial charge in [0.15, 0.2) is 6.61 Å².